The Hall–Kier alpha value is -0.320. The monoisotopic (exact) mass is 344 g/mol. The molecule has 0 unspecified atom stereocenters. The lowest BCUT2D eigenvalue weighted by Crippen LogP contribution is -2.50. The number of fused-ring (bicyclic) bond motifs is 1. The molecule has 3 aliphatic rings. The standard InChI is InChI=1S/C18H32N2O2.ClH/c1-22-11-10-17(7-4-5-8-17)13-20-16(21)18-9-3-2-6-15(18)12-19-14-18;/h15,19H,2-14H2,1H3,(H,20,21);1H/t15-,18+;/m0./s1. The van der Waals surface area contributed by atoms with Crippen molar-refractivity contribution in [3.8, 4) is 0 Å². The number of carbonyl (C=O) groups excluding carboxylic acids is 1. The van der Waals surface area contributed by atoms with Crippen molar-refractivity contribution >= 4 is 18.3 Å². The number of hydrogen-bond acceptors (Lipinski definition) is 3. The topological polar surface area (TPSA) is 50.4 Å². The third-order valence-corrected chi connectivity index (χ3v) is 6.62. The summed E-state index contributed by atoms with van der Waals surface area (Å²) in [5.41, 5.74) is 0.178. The van der Waals surface area contributed by atoms with E-state index in [-0.39, 0.29) is 17.8 Å². The molecular weight excluding hydrogens is 312 g/mol. The zero-order valence-corrected chi connectivity index (χ0v) is 15.3. The molecule has 2 aliphatic carbocycles. The maximum Gasteiger partial charge on any atom is 0.227 e. The summed E-state index contributed by atoms with van der Waals surface area (Å²) in [6.07, 6.45) is 11.0. The number of halogens is 1. The van der Waals surface area contributed by atoms with Crippen molar-refractivity contribution in [2.24, 2.45) is 16.7 Å². The normalized spacial score (nSPS) is 32.1. The molecule has 0 spiro atoms. The molecule has 0 radical (unpaired) electrons. The van der Waals surface area contributed by atoms with E-state index in [1.165, 1.54) is 44.9 Å². The fraction of sp³-hybridized carbons (Fsp3) is 0.944. The highest BCUT2D eigenvalue weighted by Crippen LogP contribution is 2.45. The Morgan fingerprint density at radius 1 is 1.22 bits per heavy atom. The van der Waals surface area contributed by atoms with Crippen LogP contribution in [0.25, 0.3) is 0 Å². The molecule has 4 nitrogen and oxygen atoms in total. The van der Waals surface area contributed by atoms with Crippen LogP contribution in [0.5, 0.6) is 0 Å². The Balaban J connectivity index is 0.00000192. The highest BCUT2D eigenvalue weighted by atomic mass is 35.5. The summed E-state index contributed by atoms with van der Waals surface area (Å²) in [6.45, 7) is 3.58. The first-order chi connectivity index (χ1) is 10.7. The van der Waals surface area contributed by atoms with Gasteiger partial charge < -0.3 is 15.4 Å². The summed E-state index contributed by atoms with van der Waals surface area (Å²) in [4.78, 5) is 13.0. The summed E-state index contributed by atoms with van der Waals surface area (Å²) in [5.74, 6) is 0.880. The van der Waals surface area contributed by atoms with Gasteiger partial charge in [0.25, 0.3) is 0 Å². The van der Waals surface area contributed by atoms with Gasteiger partial charge >= 0.3 is 0 Å². The molecule has 3 fully saturated rings. The van der Waals surface area contributed by atoms with Crippen molar-refractivity contribution in [3.05, 3.63) is 0 Å². The minimum atomic E-state index is -0.112. The summed E-state index contributed by atoms with van der Waals surface area (Å²) < 4.78 is 5.30. The number of ether oxygens (including phenoxy) is 1. The molecule has 0 aromatic heterocycles. The minimum absolute atomic E-state index is 0. The second-order valence-corrected chi connectivity index (χ2v) is 7.86. The molecule has 2 atom stereocenters. The number of nitrogens with one attached hydrogen (secondary N) is 2. The van der Waals surface area contributed by atoms with E-state index in [1.807, 2.05) is 0 Å². The van der Waals surface area contributed by atoms with E-state index in [0.29, 0.717) is 17.2 Å². The first-order valence-corrected chi connectivity index (χ1v) is 9.19. The Labute approximate surface area is 146 Å². The number of hydrogen-bond donors (Lipinski definition) is 2. The SMILES string of the molecule is COCCC1(CNC(=O)[C@@]23CCCC[C@H]2CNC3)CCCC1.Cl. The lowest BCUT2D eigenvalue weighted by Gasteiger charge is -2.38. The van der Waals surface area contributed by atoms with E-state index in [9.17, 15) is 4.79 Å². The van der Waals surface area contributed by atoms with Gasteiger partial charge in [0.05, 0.1) is 5.41 Å². The number of amides is 1. The van der Waals surface area contributed by atoms with E-state index in [0.717, 1.165) is 39.1 Å². The van der Waals surface area contributed by atoms with Crippen LogP contribution in [0.1, 0.15) is 57.8 Å². The van der Waals surface area contributed by atoms with Gasteiger partial charge in [0.2, 0.25) is 5.91 Å². The molecule has 0 bridgehead atoms. The van der Waals surface area contributed by atoms with Crippen LogP contribution in [0.15, 0.2) is 0 Å². The predicted octanol–water partition coefficient (Wildman–Crippen LogP) is 2.90. The van der Waals surface area contributed by atoms with Crippen LogP contribution in [-0.4, -0.2) is 39.3 Å². The van der Waals surface area contributed by atoms with Gasteiger partial charge in [-0.25, -0.2) is 0 Å². The van der Waals surface area contributed by atoms with Crippen LogP contribution in [0.2, 0.25) is 0 Å². The van der Waals surface area contributed by atoms with E-state index >= 15 is 0 Å². The van der Waals surface area contributed by atoms with E-state index in [2.05, 4.69) is 10.6 Å². The minimum Gasteiger partial charge on any atom is -0.385 e. The second-order valence-electron chi connectivity index (χ2n) is 7.86. The highest BCUT2D eigenvalue weighted by molar-refractivity contribution is 5.85. The second kappa shape index (κ2) is 8.17. The van der Waals surface area contributed by atoms with Crippen molar-refractivity contribution in [3.63, 3.8) is 0 Å². The number of methoxy groups -OCH3 is 1. The Morgan fingerprint density at radius 3 is 2.70 bits per heavy atom. The molecule has 0 aromatic carbocycles. The summed E-state index contributed by atoms with van der Waals surface area (Å²) >= 11 is 0. The van der Waals surface area contributed by atoms with Gasteiger partial charge in [0.15, 0.2) is 0 Å². The molecule has 1 saturated heterocycles. The molecule has 1 heterocycles. The molecular formula is C18H33ClN2O2. The maximum atomic E-state index is 13.0. The Kier molecular flexibility index (Phi) is 6.76. The predicted molar refractivity (Wildman–Crippen MR) is 94.9 cm³/mol. The van der Waals surface area contributed by atoms with Crippen molar-refractivity contribution < 1.29 is 9.53 Å². The number of rotatable bonds is 6. The van der Waals surface area contributed by atoms with Gasteiger partial charge in [0, 0.05) is 26.8 Å². The maximum absolute atomic E-state index is 13.0. The van der Waals surface area contributed by atoms with Crippen molar-refractivity contribution in [1.82, 2.24) is 10.6 Å². The molecule has 5 heteroatoms. The van der Waals surface area contributed by atoms with Gasteiger partial charge in [-0.3, -0.25) is 4.79 Å². The van der Waals surface area contributed by atoms with E-state index in [4.69, 9.17) is 4.74 Å². The van der Waals surface area contributed by atoms with Gasteiger partial charge in [-0.2, -0.15) is 0 Å². The average molecular weight is 345 g/mol. The third-order valence-electron chi connectivity index (χ3n) is 6.62. The average Bonchev–Trinajstić information content (AvgIpc) is 3.18. The van der Waals surface area contributed by atoms with Gasteiger partial charge in [-0.1, -0.05) is 25.7 Å². The molecule has 1 aliphatic heterocycles. The zero-order valence-electron chi connectivity index (χ0n) is 14.5. The van der Waals surface area contributed by atoms with E-state index in [1.54, 1.807) is 7.11 Å². The van der Waals surface area contributed by atoms with Crippen LogP contribution < -0.4 is 10.6 Å². The van der Waals surface area contributed by atoms with Gasteiger partial charge in [-0.05, 0) is 50.0 Å². The molecule has 23 heavy (non-hydrogen) atoms. The summed E-state index contributed by atoms with van der Waals surface area (Å²) in [6, 6.07) is 0. The van der Waals surface area contributed by atoms with Crippen LogP contribution >= 0.6 is 12.4 Å². The molecule has 134 valence electrons. The highest BCUT2D eigenvalue weighted by Gasteiger charge is 2.50. The third kappa shape index (κ3) is 3.85. The number of carbonyl (C=O) groups is 1. The van der Waals surface area contributed by atoms with Crippen LogP contribution in [-0.2, 0) is 9.53 Å². The smallest absolute Gasteiger partial charge is 0.227 e. The Morgan fingerprint density at radius 2 is 1.96 bits per heavy atom. The first kappa shape index (κ1) is 19.0. The lowest BCUT2D eigenvalue weighted by molar-refractivity contribution is -0.134. The van der Waals surface area contributed by atoms with Crippen LogP contribution in [0.4, 0.5) is 0 Å². The fourth-order valence-electron chi connectivity index (χ4n) is 5.09. The molecule has 3 rings (SSSR count). The Bertz CT molecular complexity index is 398. The summed E-state index contributed by atoms with van der Waals surface area (Å²) in [5, 5.41) is 6.85. The molecule has 2 N–H and O–H groups in total. The molecule has 1 amide bonds. The largest absolute Gasteiger partial charge is 0.385 e. The van der Waals surface area contributed by atoms with Crippen molar-refractivity contribution in [2.75, 3.05) is 33.4 Å². The molecule has 0 aromatic rings. The first-order valence-electron chi connectivity index (χ1n) is 9.19. The van der Waals surface area contributed by atoms with Crippen LogP contribution in [0, 0.1) is 16.7 Å². The molecule has 2 saturated carbocycles. The van der Waals surface area contributed by atoms with Crippen molar-refractivity contribution in [1.29, 1.82) is 0 Å². The van der Waals surface area contributed by atoms with E-state index < -0.39 is 0 Å². The van der Waals surface area contributed by atoms with Crippen LogP contribution in [0.3, 0.4) is 0 Å². The van der Waals surface area contributed by atoms with Crippen molar-refractivity contribution in [2.45, 2.75) is 57.8 Å². The van der Waals surface area contributed by atoms with Gasteiger partial charge in [0.1, 0.15) is 0 Å². The fourth-order valence-corrected chi connectivity index (χ4v) is 5.09. The quantitative estimate of drug-likeness (QED) is 0.779. The van der Waals surface area contributed by atoms with Gasteiger partial charge in [-0.15, -0.1) is 12.4 Å². The lowest BCUT2D eigenvalue weighted by atomic mass is 9.67. The summed E-state index contributed by atoms with van der Waals surface area (Å²) in [7, 11) is 1.77. The zero-order chi connectivity index (χ0) is 15.5.